The lowest BCUT2D eigenvalue weighted by Gasteiger charge is -2.08. The molecule has 2 aliphatic rings. The minimum atomic E-state index is 0.0666. The Balaban J connectivity index is 2.06. The fourth-order valence-corrected chi connectivity index (χ4v) is 2.19. The summed E-state index contributed by atoms with van der Waals surface area (Å²) in [5, 5.41) is 0. The lowest BCUT2D eigenvalue weighted by Crippen LogP contribution is -2.13. The van der Waals surface area contributed by atoms with Gasteiger partial charge in [-0.1, -0.05) is 19.3 Å². The molecule has 2 rings (SSSR count). The van der Waals surface area contributed by atoms with Crippen molar-refractivity contribution in [3.05, 3.63) is 0 Å². The van der Waals surface area contributed by atoms with Gasteiger partial charge in [0, 0.05) is 5.92 Å². The van der Waals surface area contributed by atoms with Crippen molar-refractivity contribution in [2.24, 2.45) is 11.8 Å². The van der Waals surface area contributed by atoms with E-state index < -0.39 is 0 Å². The van der Waals surface area contributed by atoms with Gasteiger partial charge in [-0.25, -0.2) is 0 Å². The van der Waals surface area contributed by atoms with Crippen molar-refractivity contribution in [2.45, 2.75) is 32.1 Å². The molecule has 0 amide bonds. The third kappa shape index (κ3) is 1.26. The highest BCUT2D eigenvalue weighted by molar-refractivity contribution is 5.74. The number of carbonyl (C=O) groups is 1. The summed E-state index contributed by atoms with van der Waals surface area (Å²) in [6.45, 7) is 0.698. The SMILES string of the molecule is O=C1OC[C@@H]2CCCCC[C@@H]12. The van der Waals surface area contributed by atoms with Gasteiger partial charge in [-0.3, -0.25) is 4.79 Å². The normalized spacial score (nSPS) is 37.6. The van der Waals surface area contributed by atoms with Crippen molar-refractivity contribution in [3.8, 4) is 0 Å². The molecule has 0 unspecified atom stereocenters. The van der Waals surface area contributed by atoms with E-state index in [-0.39, 0.29) is 11.9 Å². The van der Waals surface area contributed by atoms with Crippen LogP contribution in [0.3, 0.4) is 0 Å². The van der Waals surface area contributed by atoms with E-state index in [2.05, 4.69) is 0 Å². The molecule has 0 aromatic carbocycles. The maximum Gasteiger partial charge on any atom is 0.309 e. The largest absolute Gasteiger partial charge is 0.465 e. The van der Waals surface area contributed by atoms with Crippen LogP contribution in [-0.2, 0) is 9.53 Å². The molecule has 0 spiro atoms. The molecule has 2 nitrogen and oxygen atoms in total. The molecule has 1 heterocycles. The van der Waals surface area contributed by atoms with Crippen LogP contribution in [0.2, 0.25) is 0 Å². The Hall–Kier alpha value is -0.530. The zero-order chi connectivity index (χ0) is 7.68. The van der Waals surface area contributed by atoms with Crippen LogP contribution < -0.4 is 0 Å². The molecule has 1 aliphatic carbocycles. The number of ether oxygens (including phenoxy) is 1. The van der Waals surface area contributed by atoms with E-state index in [0.29, 0.717) is 12.5 Å². The van der Waals surface area contributed by atoms with Gasteiger partial charge in [0.15, 0.2) is 0 Å². The van der Waals surface area contributed by atoms with E-state index in [1.165, 1.54) is 25.7 Å². The first-order valence-corrected chi connectivity index (χ1v) is 4.54. The predicted molar refractivity (Wildman–Crippen MR) is 41.0 cm³/mol. The van der Waals surface area contributed by atoms with Gasteiger partial charge in [-0.2, -0.15) is 0 Å². The van der Waals surface area contributed by atoms with Gasteiger partial charge in [0.2, 0.25) is 0 Å². The van der Waals surface area contributed by atoms with Crippen LogP contribution in [0, 0.1) is 11.8 Å². The highest BCUT2D eigenvalue weighted by Gasteiger charge is 2.36. The zero-order valence-electron chi connectivity index (χ0n) is 6.71. The topological polar surface area (TPSA) is 26.3 Å². The lowest BCUT2D eigenvalue weighted by atomic mass is 9.91. The number of rotatable bonds is 0. The number of fused-ring (bicyclic) bond motifs is 1. The Bertz CT molecular complexity index is 165. The summed E-state index contributed by atoms with van der Waals surface area (Å²) in [6, 6.07) is 0. The molecule has 62 valence electrons. The fraction of sp³-hybridized carbons (Fsp3) is 0.889. The molecule has 0 aromatic heterocycles. The second-order valence-electron chi connectivity index (χ2n) is 3.63. The molecule has 0 bridgehead atoms. The van der Waals surface area contributed by atoms with Crippen molar-refractivity contribution in [2.75, 3.05) is 6.61 Å². The minimum absolute atomic E-state index is 0.0666. The molecule has 2 heteroatoms. The number of hydrogen-bond acceptors (Lipinski definition) is 2. The van der Waals surface area contributed by atoms with Crippen LogP contribution >= 0.6 is 0 Å². The first-order valence-electron chi connectivity index (χ1n) is 4.54. The van der Waals surface area contributed by atoms with E-state index in [1.54, 1.807) is 0 Å². The number of hydrogen-bond donors (Lipinski definition) is 0. The van der Waals surface area contributed by atoms with Crippen molar-refractivity contribution >= 4 is 5.97 Å². The summed E-state index contributed by atoms with van der Waals surface area (Å²) in [5.74, 6) is 0.888. The van der Waals surface area contributed by atoms with Crippen LogP contribution in [-0.4, -0.2) is 12.6 Å². The molecule has 0 N–H and O–H groups in total. The number of cyclic esters (lactones) is 1. The third-order valence-corrected chi connectivity index (χ3v) is 2.90. The average molecular weight is 154 g/mol. The Morgan fingerprint density at radius 1 is 1.18 bits per heavy atom. The Labute approximate surface area is 66.9 Å². The summed E-state index contributed by atoms with van der Waals surface area (Å²) in [4.78, 5) is 11.1. The van der Waals surface area contributed by atoms with E-state index in [1.807, 2.05) is 0 Å². The monoisotopic (exact) mass is 154 g/mol. The number of carbonyl (C=O) groups excluding carboxylic acids is 1. The van der Waals surface area contributed by atoms with Gasteiger partial charge >= 0.3 is 5.97 Å². The summed E-state index contributed by atoms with van der Waals surface area (Å²) in [6.07, 6.45) is 6.09. The molecule has 0 aromatic rings. The van der Waals surface area contributed by atoms with Gasteiger partial charge in [-0.05, 0) is 12.8 Å². The molecule has 1 saturated heterocycles. The van der Waals surface area contributed by atoms with Crippen molar-refractivity contribution < 1.29 is 9.53 Å². The third-order valence-electron chi connectivity index (χ3n) is 2.90. The quantitative estimate of drug-likeness (QED) is 0.497. The summed E-state index contributed by atoms with van der Waals surface area (Å²) < 4.78 is 5.02. The van der Waals surface area contributed by atoms with Crippen LogP contribution in [0.15, 0.2) is 0 Å². The second kappa shape index (κ2) is 2.84. The zero-order valence-corrected chi connectivity index (χ0v) is 6.71. The van der Waals surface area contributed by atoms with Gasteiger partial charge in [0.1, 0.15) is 0 Å². The smallest absolute Gasteiger partial charge is 0.309 e. The summed E-state index contributed by atoms with van der Waals surface area (Å²) in [7, 11) is 0. The van der Waals surface area contributed by atoms with Crippen molar-refractivity contribution in [3.63, 3.8) is 0 Å². The number of esters is 1. The Morgan fingerprint density at radius 2 is 2.00 bits per heavy atom. The molecule has 1 saturated carbocycles. The van der Waals surface area contributed by atoms with Crippen molar-refractivity contribution in [1.29, 1.82) is 0 Å². The van der Waals surface area contributed by atoms with Crippen LogP contribution in [0.5, 0.6) is 0 Å². The van der Waals surface area contributed by atoms with Crippen LogP contribution in [0.25, 0.3) is 0 Å². The van der Waals surface area contributed by atoms with Gasteiger partial charge in [0.05, 0.1) is 12.5 Å². The molecule has 2 fully saturated rings. The van der Waals surface area contributed by atoms with Crippen LogP contribution in [0.4, 0.5) is 0 Å². The predicted octanol–water partition coefficient (Wildman–Crippen LogP) is 1.74. The fourth-order valence-electron chi connectivity index (χ4n) is 2.19. The highest BCUT2D eigenvalue weighted by atomic mass is 16.5. The van der Waals surface area contributed by atoms with Crippen molar-refractivity contribution in [1.82, 2.24) is 0 Å². The highest BCUT2D eigenvalue weighted by Crippen LogP contribution is 2.34. The first-order chi connectivity index (χ1) is 5.38. The van der Waals surface area contributed by atoms with E-state index in [4.69, 9.17) is 4.74 Å². The minimum Gasteiger partial charge on any atom is -0.465 e. The molecule has 1 aliphatic heterocycles. The Morgan fingerprint density at radius 3 is 2.91 bits per heavy atom. The molecule has 11 heavy (non-hydrogen) atoms. The maximum atomic E-state index is 11.1. The Kier molecular flexibility index (Phi) is 1.84. The van der Waals surface area contributed by atoms with Crippen LogP contribution in [0.1, 0.15) is 32.1 Å². The molecule has 2 atom stereocenters. The molecule has 0 radical (unpaired) electrons. The lowest BCUT2D eigenvalue weighted by molar-refractivity contribution is -0.141. The van der Waals surface area contributed by atoms with Gasteiger partial charge in [0.25, 0.3) is 0 Å². The van der Waals surface area contributed by atoms with E-state index in [9.17, 15) is 4.79 Å². The summed E-state index contributed by atoms with van der Waals surface area (Å²) >= 11 is 0. The molecular weight excluding hydrogens is 140 g/mol. The summed E-state index contributed by atoms with van der Waals surface area (Å²) in [5.41, 5.74) is 0. The first kappa shape index (κ1) is 7.14. The second-order valence-corrected chi connectivity index (χ2v) is 3.63. The average Bonchev–Trinajstić information content (AvgIpc) is 2.25. The van der Waals surface area contributed by atoms with E-state index >= 15 is 0 Å². The standard InChI is InChI=1S/C9H14O2/c10-9-8-5-3-1-2-4-7(8)6-11-9/h7-8H,1-6H2/t7-,8+/m0/s1. The van der Waals surface area contributed by atoms with Gasteiger partial charge < -0.3 is 4.74 Å². The van der Waals surface area contributed by atoms with Gasteiger partial charge in [-0.15, -0.1) is 0 Å². The maximum absolute atomic E-state index is 11.1. The van der Waals surface area contributed by atoms with E-state index in [0.717, 1.165) is 6.42 Å². The molecular formula is C9H14O2.